The van der Waals surface area contributed by atoms with Crippen molar-refractivity contribution in [2.24, 2.45) is 0 Å². The minimum absolute atomic E-state index is 0.00894. The number of aryl methyl sites for hydroxylation is 1. The first-order valence-electron chi connectivity index (χ1n) is 7.60. The van der Waals surface area contributed by atoms with Crippen LogP contribution in [0.2, 0.25) is 0 Å². The SMILES string of the molecule is Cc1ccc(NS(=O)(=O)C(F)(F)F)c(-c2cc(-c3ccc(F)cc3F)on2)c1. The largest absolute Gasteiger partial charge is 0.516 e. The molecule has 0 fully saturated rings. The Morgan fingerprint density at radius 3 is 2.36 bits per heavy atom. The summed E-state index contributed by atoms with van der Waals surface area (Å²) in [5, 5.41) is 3.67. The van der Waals surface area contributed by atoms with Crippen molar-refractivity contribution in [3.8, 4) is 22.6 Å². The van der Waals surface area contributed by atoms with Crippen LogP contribution in [-0.2, 0) is 10.0 Å². The fraction of sp³-hybridized carbons (Fsp3) is 0.118. The predicted molar refractivity (Wildman–Crippen MR) is 90.6 cm³/mol. The van der Waals surface area contributed by atoms with Crippen molar-refractivity contribution in [3.63, 3.8) is 0 Å². The van der Waals surface area contributed by atoms with Gasteiger partial charge in [0.15, 0.2) is 5.76 Å². The fourth-order valence-electron chi connectivity index (χ4n) is 2.38. The number of halogens is 5. The number of alkyl halides is 3. The summed E-state index contributed by atoms with van der Waals surface area (Å²) in [6, 6.07) is 7.87. The number of rotatable bonds is 4. The van der Waals surface area contributed by atoms with Crippen LogP contribution in [0.3, 0.4) is 0 Å². The molecule has 0 unspecified atom stereocenters. The second-order valence-electron chi connectivity index (χ2n) is 5.80. The van der Waals surface area contributed by atoms with Gasteiger partial charge in [0.05, 0.1) is 11.3 Å². The second kappa shape index (κ2) is 6.89. The van der Waals surface area contributed by atoms with E-state index in [0.717, 1.165) is 18.2 Å². The van der Waals surface area contributed by atoms with Gasteiger partial charge in [-0.05, 0) is 31.2 Å². The molecule has 3 aromatic rings. The Balaban J connectivity index is 2.05. The normalized spacial score (nSPS) is 12.2. The molecule has 2 aromatic carbocycles. The van der Waals surface area contributed by atoms with E-state index in [1.165, 1.54) is 22.9 Å². The first kappa shape index (κ1) is 19.8. The number of hydrogen-bond acceptors (Lipinski definition) is 4. The predicted octanol–water partition coefficient (Wildman–Crippen LogP) is 4.86. The molecule has 0 saturated heterocycles. The molecule has 5 nitrogen and oxygen atoms in total. The third kappa shape index (κ3) is 3.84. The van der Waals surface area contributed by atoms with Gasteiger partial charge in [-0.2, -0.15) is 21.6 Å². The summed E-state index contributed by atoms with van der Waals surface area (Å²) in [7, 11) is -5.66. The van der Waals surface area contributed by atoms with Crippen LogP contribution in [0.25, 0.3) is 22.6 Å². The van der Waals surface area contributed by atoms with Crippen LogP contribution in [0.5, 0.6) is 0 Å². The van der Waals surface area contributed by atoms with Gasteiger partial charge in [-0.1, -0.05) is 16.8 Å². The van der Waals surface area contributed by atoms with Gasteiger partial charge in [-0.3, -0.25) is 4.72 Å². The maximum absolute atomic E-state index is 13.9. The second-order valence-corrected chi connectivity index (χ2v) is 7.47. The van der Waals surface area contributed by atoms with E-state index in [2.05, 4.69) is 5.16 Å². The Bertz CT molecular complexity index is 1140. The zero-order chi connectivity index (χ0) is 20.7. The zero-order valence-corrected chi connectivity index (χ0v) is 14.8. The number of benzene rings is 2. The molecular weight excluding hydrogens is 407 g/mol. The van der Waals surface area contributed by atoms with E-state index in [9.17, 15) is 30.4 Å². The van der Waals surface area contributed by atoms with Crippen molar-refractivity contribution < 1.29 is 34.9 Å². The molecule has 0 bridgehead atoms. The lowest BCUT2D eigenvalue weighted by Crippen LogP contribution is -2.30. The van der Waals surface area contributed by atoms with E-state index in [1.807, 2.05) is 0 Å². The quantitative estimate of drug-likeness (QED) is 0.615. The highest BCUT2D eigenvalue weighted by molar-refractivity contribution is 7.93. The fourth-order valence-corrected chi connectivity index (χ4v) is 2.96. The summed E-state index contributed by atoms with van der Waals surface area (Å²) in [5.74, 6) is -1.84. The first-order valence-corrected chi connectivity index (χ1v) is 9.08. The lowest BCUT2D eigenvalue weighted by molar-refractivity contribution is -0.0429. The van der Waals surface area contributed by atoms with Crippen molar-refractivity contribution >= 4 is 15.7 Å². The minimum atomic E-state index is -5.66. The third-order valence-electron chi connectivity index (χ3n) is 3.71. The van der Waals surface area contributed by atoms with Crippen LogP contribution in [0.4, 0.5) is 27.6 Å². The van der Waals surface area contributed by atoms with Crippen LogP contribution in [-0.4, -0.2) is 19.1 Å². The zero-order valence-electron chi connectivity index (χ0n) is 14.0. The van der Waals surface area contributed by atoms with Crippen molar-refractivity contribution in [2.45, 2.75) is 12.4 Å². The van der Waals surface area contributed by atoms with Gasteiger partial charge in [0.1, 0.15) is 17.3 Å². The molecule has 0 amide bonds. The maximum atomic E-state index is 13.9. The molecule has 0 aliphatic rings. The van der Waals surface area contributed by atoms with Crippen LogP contribution >= 0.6 is 0 Å². The smallest absolute Gasteiger partial charge is 0.356 e. The van der Waals surface area contributed by atoms with E-state index in [1.54, 1.807) is 6.92 Å². The molecule has 11 heteroatoms. The standard InChI is InChI=1S/C17H11F5N2O3S/c1-9-2-5-14(24-28(25,26)17(20,21)22)12(6-9)15-8-16(27-23-15)11-4-3-10(18)7-13(11)19/h2-8,24H,1H3. The molecule has 0 radical (unpaired) electrons. The van der Waals surface area contributed by atoms with Gasteiger partial charge in [-0.25, -0.2) is 8.78 Å². The van der Waals surface area contributed by atoms with Crippen LogP contribution in [0, 0.1) is 18.6 Å². The Labute approximate surface area is 155 Å². The van der Waals surface area contributed by atoms with E-state index < -0.39 is 27.2 Å². The number of anilines is 1. The molecule has 0 spiro atoms. The van der Waals surface area contributed by atoms with Gasteiger partial charge in [0, 0.05) is 17.7 Å². The van der Waals surface area contributed by atoms with E-state index in [-0.39, 0.29) is 28.3 Å². The molecule has 1 aromatic heterocycles. The van der Waals surface area contributed by atoms with Gasteiger partial charge in [0.2, 0.25) is 0 Å². The highest BCUT2D eigenvalue weighted by Gasteiger charge is 2.46. The van der Waals surface area contributed by atoms with E-state index in [0.29, 0.717) is 11.6 Å². The number of sulfonamides is 1. The third-order valence-corrected chi connectivity index (χ3v) is 4.80. The number of nitrogens with zero attached hydrogens (tertiary/aromatic N) is 1. The molecule has 1 heterocycles. The molecule has 0 saturated carbocycles. The average molecular weight is 418 g/mol. The molecule has 0 aliphatic carbocycles. The lowest BCUT2D eigenvalue weighted by atomic mass is 10.1. The lowest BCUT2D eigenvalue weighted by Gasteiger charge is -2.13. The Morgan fingerprint density at radius 1 is 1.00 bits per heavy atom. The molecular formula is C17H11F5N2O3S. The van der Waals surface area contributed by atoms with Crippen LogP contribution < -0.4 is 4.72 Å². The molecule has 0 aliphatic heterocycles. The molecule has 1 N–H and O–H groups in total. The first-order chi connectivity index (χ1) is 13.0. The summed E-state index contributed by atoms with van der Waals surface area (Å²) in [5.41, 5.74) is -5.47. The highest BCUT2D eigenvalue weighted by Crippen LogP contribution is 2.35. The van der Waals surface area contributed by atoms with Crippen molar-refractivity contribution in [3.05, 3.63) is 59.7 Å². The molecule has 28 heavy (non-hydrogen) atoms. The average Bonchev–Trinajstić information content (AvgIpc) is 3.04. The van der Waals surface area contributed by atoms with Gasteiger partial charge < -0.3 is 4.52 Å². The summed E-state index contributed by atoms with van der Waals surface area (Å²) in [6.45, 7) is 1.63. The number of hydrogen-bond donors (Lipinski definition) is 1. The van der Waals surface area contributed by atoms with Crippen LogP contribution in [0.1, 0.15) is 5.56 Å². The van der Waals surface area contributed by atoms with Gasteiger partial charge in [-0.15, -0.1) is 0 Å². The van der Waals surface area contributed by atoms with Gasteiger partial charge >= 0.3 is 15.5 Å². The number of nitrogens with one attached hydrogen (secondary N) is 1. The van der Waals surface area contributed by atoms with Gasteiger partial charge in [0.25, 0.3) is 0 Å². The minimum Gasteiger partial charge on any atom is -0.356 e. The molecule has 0 atom stereocenters. The molecule has 148 valence electrons. The van der Waals surface area contributed by atoms with Crippen molar-refractivity contribution in [1.29, 1.82) is 0 Å². The monoisotopic (exact) mass is 418 g/mol. The van der Waals surface area contributed by atoms with Crippen LogP contribution in [0.15, 0.2) is 47.0 Å². The van der Waals surface area contributed by atoms with Crippen molar-refractivity contribution in [1.82, 2.24) is 5.16 Å². The maximum Gasteiger partial charge on any atom is 0.516 e. The van der Waals surface area contributed by atoms with E-state index >= 15 is 0 Å². The summed E-state index contributed by atoms with van der Waals surface area (Å²) in [6.07, 6.45) is 0. The van der Waals surface area contributed by atoms with Crippen molar-refractivity contribution in [2.75, 3.05) is 4.72 Å². The summed E-state index contributed by atoms with van der Waals surface area (Å²) >= 11 is 0. The Kier molecular flexibility index (Phi) is 4.88. The summed E-state index contributed by atoms with van der Waals surface area (Å²) in [4.78, 5) is 0. The highest BCUT2D eigenvalue weighted by atomic mass is 32.2. The molecule has 3 rings (SSSR count). The topological polar surface area (TPSA) is 72.2 Å². The Morgan fingerprint density at radius 2 is 1.71 bits per heavy atom. The summed E-state index contributed by atoms with van der Waals surface area (Å²) < 4.78 is 94.3. The van der Waals surface area contributed by atoms with E-state index in [4.69, 9.17) is 4.52 Å². The Hall–Kier alpha value is -2.95. The number of aromatic nitrogens is 1.